The molecular weight excluding hydrogens is 372 g/mol. The predicted molar refractivity (Wildman–Crippen MR) is 110 cm³/mol. The molecule has 0 radical (unpaired) electrons. The highest BCUT2D eigenvalue weighted by Gasteiger charge is 2.20. The summed E-state index contributed by atoms with van der Waals surface area (Å²) in [5.74, 6) is 1.15. The zero-order valence-corrected chi connectivity index (χ0v) is 16.9. The van der Waals surface area contributed by atoms with E-state index in [1.165, 1.54) is 24.6 Å². The number of carbonyl (C=O) groups excluding carboxylic acids is 1. The number of hydrogen-bond donors (Lipinski definition) is 1. The molecule has 1 aliphatic carbocycles. The van der Waals surface area contributed by atoms with Gasteiger partial charge < -0.3 is 9.88 Å². The molecule has 2 heterocycles. The Labute approximate surface area is 168 Å². The lowest BCUT2D eigenvalue weighted by atomic mass is 10.1. The van der Waals surface area contributed by atoms with Gasteiger partial charge in [-0.2, -0.15) is 5.10 Å². The molecule has 2 aromatic heterocycles. The van der Waals surface area contributed by atoms with Gasteiger partial charge in [-0.05, 0) is 12.8 Å². The highest BCUT2D eigenvalue weighted by molar-refractivity contribution is 7.99. The molecule has 1 aromatic carbocycles. The summed E-state index contributed by atoms with van der Waals surface area (Å²) in [6, 6.07) is 10.4. The minimum atomic E-state index is 0.0628. The van der Waals surface area contributed by atoms with E-state index in [0.29, 0.717) is 11.8 Å². The van der Waals surface area contributed by atoms with Crippen molar-refractivity contribution in [2.24, 2.45) is 14.1 Å². The Balaban J connectivity index is 1.50. The summed E-state index contributed by atoms with van der Waals surface area (Å²) >= 11 is 1.41. The molecule has 0 spiro atoms. The topological polar surface area (TPSA) is 77.6 Å². The number of hydrogen-bond acceptors (Lipinski definition) is 5. The summed E-state index contributed by atoms with van der Waals surface area (Å²) in [6.45, 7) is 0. The van der Waals surface area contributed by atoms with E-state index in [1.54, 1.807) is 4.68 Å². The number of amides is 1. The highest BCUT2D eigenvalue weighted by Crippen LogP contribution is 2.31. The van der Waals surface area contributed by atoms with Crippen LogP contribution in [0.5, 0.6) is 0 Å². The van der Waals surface area contributed by atoms with Crippen LogP contribution < -0.4 is 5.32 Å². The van der Waals surface area contributed by atoms with Crippen molar-refractivity contribution < 1.29 is 4.79 Å². The molecule has 8 heteroatoms. The normalized spacial score (nSPS) is 14.5. The third-order valence-corrected chi connectivity index (χ3v) is 6.02. The van der Waals surface area contributed by atoms with Crippen molar-refractivity contribution >= 4 is 17.7 Å². The molecule has 0 bridgehead atoms. The molecule has 7 nitrogen and oxygen atoms in total. The number of benzene rings is 1. The molecule has 4 rings (SSSR count). The number of nitrogens with one attached hydrogen (secondary N) is 1. The molecule has 3 aromatic rings. The Morgan fingerprint density at radius 3 is 2.68 bits per heavy atom. The number of thioether (sulfide) groups is 1. The molecule has 1 aliphatic rings. The van der Waals surface area contributed by atoms with Gasteiger partial charge in [0, 0.05) is 31.9 Å². The Kier molecular flexibility index (Phi) is 5.47. The quantitative estimate of drug-likeness (QED) is 0.648. The zero-order valence-electron chi connectivity index (χ0n) is 16.1. The van der Waals surface area contributed by atoms with Crippen molar-refractivity contribution in [2.45, 2.75) is 36.9 Å². The number of carbonyl (C=O) groups is 1. The van der Waals surface area contributed by atoms with Gasteiger partial charge in [0.25, 0.3) is 0 Å². The van der Waals surface area contributed by atoms with Crippen LogP contribution in [0.15, 0.2) is 41.7 Å². The van der Waals surface area contributed by atoms with Gasteiger partial charge in [-0.25, -0.2) is 0 Å². The van der Waals surface area contributed by atoms with Gasteiger partial charge in [0.2, 0.25) is 5.91 Å². The Hall–Kier alpha value is -2.61. The van der Waals surface area contributed by atoms with Crippen LogP contribution in [0.1, 0.15) is 25.7 Å². The molecule has 0 unspecified atom stereocenters. The second-order valence-corrected chi connectivity index (χ2v) is 8.08. The van der Waals surface area contributed by atoms with E-state index in [4.69, 9.17) is 0 Å². The van der Waals surface area contributed by atoms with E-state index in [1.807, 2.05) is 55.2 Å². The molecule has 0 aliphatic heterocycles. The summed E-state index contributed by atoms with van der Waals surface area (Å²) in [6.07, 6.45) is 6.55. The third-order valence-electron chi connectivity index (χ3n) is 5.00. The minimum absolute atomic E-state index is 0.0628. The zero-order chi connectivity index (χ0) is 19.5. The largest absolute Gasteiger partial charge is 0.353 e. The molecule has 1 saturated carbocycles. The van der Waals surface area contributed by atoms with E-state index in [9.17, 15) is 4.79 Å². The third kappa shape index (κ3) is 3.96. The molecule has 28 heavy (non-hydrogen) atoms. The lowest BCUT2D eigenvalue weighted by molar-refractivity contribution is -0.119. The van der Waals surface area contributed by atoms with Crippen molar-refractivity contribution in [3.8, 4) is 22.6 Å². The molecule has 0 atom stereocenters. The van der Waals surface area contributed by atoms with Gasteiger partial charge in [-0.15, -0.1) is 10.2 Å². The summed E-state index contributed by atoms with van der Waals surface area (Å²) in [5.41, 5.74) is 2.83. The molecule has 0 saturated heterocycles. The SMILES string of the molecule is Cn1cc(-c2nnc(SCC(=O)NC3CCCC3)n2C)c(-c2ccccc2)n1. The fraction of sp³-hybridized carbons (Fsp3) is 0.400. The van der Waals surface area contributed by atoms with E-state index in [-0.39, 0.29) is 5.91 Å². The number of nitrogens with zero attached hydrogens (tertiary/aromatic N) is 5. The first kappa shape index (κ1) is 18.7. The number of aryl methyl sites for hydroxylation is 1. The number of aromatic nitrogens is 5. The monoisotopic (exact) mass is 396 g/mol. The van der Waals surface area contributed by atoms with Crippen molar-refractivity contribution in [1.82, 2.24) is 29.9 Å². The van der Waals surface area contributed by atoms with Crippen LogP contribution in [-0.4, -0.2) is 42.2 Å². The summed E-state index contributed by atoms with van der Waals surface area (Å²) < 4.78 is 3.71. The fourth-order valence-electron chi connectivity index (χ4n) is 3.61. The Bertz CT molecular complexity index is 958. The van der Waals surface area contributed by atoms with Crippen molar-refractivity contribution in [2.75, 3.05) is 5.75 Å². The van der Waals surface area contributed by atoms with Gasteiger partial charge >= 0.3 is 0 Å². The van der Waals surface area contributed by atoms with Gasteiger partial charge in [-0.3, -0.25) is 9.48 Å². The molecule has 1 amide bonds. The number of rotatable bonds is 6. The Morgan fingerprint density at radius 1 is 1.18 bits per heavy atom. The molecule has 1 N–H and O–H groups in total. The van der Waals surface area contributed by atoms with Crippen molar-refractivity contribution in [3.05, 3.63) is 36.5 Å². The van der Waals surface area contributed by atoms with Crippen LogP contribution in [0.4, 0.5) is 0 Å². The second kappa shape index (κ2) is 8.18. The van der Waals surface area contributed by atoms with Crippen LogP contribution >= 0.6 is 11.8 Å². The van der Waals surface area contributed by atoms with E-state index in [2.05, 4.69) is 20.6 Å². The maximum atomic E-state index is 12.2. The Morgan fingerprint density at radius 2 is 1.93 bits per heavy atom. The first-order chi connectivity index (χ1) is 13.6. The minimum Gasteiger partial charge on any atom is -0.353 e. The summed E-state index contributed by atoms with van der Waals surface area (Å²) in [7, 11) is 3.82. The smallest absolute Gasteiger partial charge is 0.230 e. The first-order valence-electron chi connectivity index (χ1n) is 9.53. The van der Waals surface area contributed by atoms with Gasteiger partial charge in [0.15, 0.2) is 11.0 Å². The predicted octanol–water partition coefficient (Wildman–Crippen LogP) is 3.03. The average molecular weight is 397 g/mol. The average Bonchev–Trinajstić information content (AvgIpc) is 3.42. The van der Waals surface area contributed by atoms with E-state index in [0.717, 1.165) is 40.6 Å². The van der Waals surface area contributed by atoms with Crippen LogP contribution in [0, 0.1) is 0 Å². The first-order valence-corrected chi connectivity index (χ1v) is 10.5. The van der Waals surface area contributed by atoms with Crippen molar-refractivity contribution in [3.63, 3.8) is 0 Å². The van der Waals surface area contributed by atoms with Gasteiger partial charge in [0.1, 0.15) is 5.69 Å². The fourth-order valence-corrected chi connectivity index (χ4v) is 4.33. The van der Waals surface area contributed by atoms with Gasteiger partial charge in [0.05, 0.1) is 11.3 Å². The van der Waals surface area contributed by atoms with Crippen LogP contribution in [0.3, 0.4) is 0 Å². The summed E-state index contributed by atoms with van der Waals surface area (Å²) in [5, 5.41) is 17.1. The standard InChI is InChI=1S/C20H24N6OS/c1-25-12-16(18(24-25)14-8-4-3-5-9-14)19-22-23-20(26(19)2)28-13-17(27)21-15-10-6-7-11-15/h3-5,8-9,12,15H,6-7,10-11,13H2,1-2H3,(H,21,27). The lowest BCUT2D eigenvalue weighted by Crippen LogP contribution is -2.33. The maximum Gasteiger partial charge on any atom is 0.230 e. The maximum absolute atomic E-state index is 12.2. The molecule has 146 valence electrons. The van der Waals surface area contributed by atoms with E-state index >= 15 is 0 Å². The van der Waals surface area contributed by atoms with Crippen molar-refractivity contribution in [1.29, 1.82) is 0 Å². The second-order valence-electron chi connectivity index (χ2n) is 7.13. The lowest BCUT2D eigenvalue weighted by Gasteiger charge is -2.11. The highest BCUT2D eigenvalue weighted by atomic mass is 32.2. The van der Waals surface area contributed by atoms with Gasteiger partial charge in [-0.1, -0.05) is 54.9 Å². The van der Waals surface area contributed by atoms with Crippen LogP contribution in [-0.2, 0) is 18.9 Å². The van der Waals surface area contributed by atoms with Crippen LogP contribution in [0.25, 0.3) is 22.6 Å². The van der Waals surface area contributed by atoms with E-state index < -0.39 is 0 Å². The summed E-state index contributed by atoms with van der Waals surface area (Å²) in [4.78, 5) is 12.2. The van der Waals surface area contributed by atoms with Crippen LogP contribution in [0.2, 0.25) is 0 Å². The molecule has 1 fully saturated rings. The molecular formula is C20H24N6OS.